The van der Waals surface area contributed by atoms with E-state index in [0.29, 0.717) is 0 Å². The van der Waals surface area contributed by atoms with Crippen molar-refractivity contribution in [2.75, 3.05) is 26.2 Å². The van der Waals surface area contributed by atoms with E-state index < -0.39 is 0 Å². The normalized spacial score (nSPS) is 17.2. The second-order valence-corrected chi connectivity index (χ2v) is 5.64. The SMILES string of the molecule is Cn1ccnc1CN1CCN(Cc2cccc(F)c2)CC1. The highest BCUT2D eigenvalue weighted by Gasteiger charge is 2.18. The quantitative estimate of drug-likeness (QED) is 0.858. The smallest absolute Gasteiger partial charge is 0.123 e. The number of aromatic nitrogens is 2. The van der Waals surface area contributed by atoms with Gasteiger partial charge < -0.3 is 4.57 Å². The second-order valence-electron chi connectivity index (χ2n) is 5.64. The van der Waals surface area contributed by atoms with Crippen LogP contribution in [0.4, 0.5) is 4.39 Å². The van der Waals surface area contributed by atoms with Crippen LogP contribution >= 0.6 is 0 Å². The Balaban J connectivity index is 1.50. The largest absolute Gasteiger partial charge is 0.337 e. The van der Waals surface area contributed by atoms with E-state index in [-0.39, 0.29) is 5.82 Å². The minimum Gasteiger partial charge on any atom is -0.337 e. The number of hydrogen-bond donors (Lipinski definition) is 0. The molecule has 112 valence electrons. The minimum absolute atomic E-state index is 0.152. The molecule has 1 aromatic carbocycles. The molecule has 1 saturated heterocycles. The summed E-state index contributed by atoms with van der Waals surface area (Å²) >= 11 is 0. The number of rotatable bonds is 4. The monoisotopic (exact) mass is 288 g/mol. The van der Waals surface area contributed by atoms with Crippen LogP contribution in [0, 0.1) is 5.82 Å². The standard InChI is InChI=1S/C16H21FN4/c1-19-6-5-18-16(19)13-21-9-7-20(8-10-21)12-14-3-2-4-15(17)11-14/h2-6,11H,7-10,12-13H2,1H3. The second kappa shape index (κ2) is 6.37. The lowest BCUT2D eigenvalue weighted by atomic mass is 10.2. The zero-order valence-corrected chi connectivity index (χ0v) is 12.4. The third kappa shape index (κ3) is 3.68. The minimum atomic E-state index is -0.152. The Hall–Kier alpha value is -1.72. The number of piperazine rings is 1. The molecule has 0 bridgehead atoms. The molecule has 0 unspecified atom stereocenters. The van der Waals surface area contributed by atoms with Crippen molar-refractivity contribution in [1.29, 1.82) is 0 Å². The van der Waals surface area contributed by atoms with Crippen LogP contribution in [0.2, 0.25) is 0 Å². The van der Waals surface area contributed by atoms with Gasteiger partial charge in [-0.2, -0.15) is 0 Å². The number of halogens is 1. The molecule has 4 nitrogen and oxygen atoms in total. The van der Waals surface area contributed by atoms with Gasteiger partial charge in [-0.15, -0.1) is 0 Å². The van der Waals surface area contributed by atoms with Crippen molar-refractivity contribution in [2.24, 2.45) is 7.05 Å². The number of imidazole rings is 1. The van der Waals surface area contributed by atoms with Gasteiger partial charge in [0.1, 0.15) is 11.6 Å². The van der Waals surface area contributed by atoms with E-state index in [1.807, 2.05) is 25.5 Å². The molecule has 0 aliphatic carbocycles. The van der Waals surface area contributed by atoms with E-state index in [9.17, 15) is 4.39 Å². The highest BCUT2D eigenvalue weighted by atomic mass is 19.1. The molecular weight excluding hydrogens is 267 g/mol. The van der Waals surface area contributed by atoms with Gasteiger partial charge in [-0.05, 0) is 17.7 Å². The van der Waals surface area contributed by atoms with Crippen LogP contribution in [-0.4, -0.2) is 45.5 Å². The van der Waals surface area contributed by atoms with E-state index in [0.717, 1.165) is 50.7 Å². The molecule has 0 saturated carbocycles. The highest BCUT2D eigenvalue weighted by molar-refractivity contribution is 5.16. The molecule has 0 amide bonds. The average molecular weight is 288 g/mol. The molecule has 2 heterocycles. The van der Waals surface area contributed by atoms with Gasteiger partial charge in [-0.25, -0.2) is 9.37 Å². The molecule has 1 aromatic heterocycles. The summed E-state index contributed by atoms with van der Waals surface area (Å²) in [6, 6.07) is 6.89. The summed E-state index contributed by atoms with van der Waals surface area (Å²) in [5, 5.41) is 0. The average Bonchev–Trinajstić information content (AvgIpc) is 2.87. The lowest BCUT2D eigenvalue weighted by Gasteiger charge is -2.34. The van der Waals surface area contributed by atoms with Crippen molar-refractivity contribution in [3.8, 4) is 0 Å². The number of aryl methyl sites for hydroxylation is 1. The molecule has 2 aromatic rings. The predicted octanol–water partition coefficient (Wildman–Crippen LogP) is 1.88. The van der Waals surface area contributed by atoms with Crippen molar-refractivity contribution in [1.82, 2.24) is 19.4 Å². The maximum atomic E-state index is 13.2. The summed E-state index contributed by atoms with van der Waals surface area (Å²) in [7, 11) is 2.03. The van der Waals surface area contributed by atoms with Crippen molar-refractivity contribution < 1.29 is 4.39 Å². The molecule has 0 spiro atoms. The Morgan fingerprint density at radius 2 is 1.81 bits per heavy atom. The zero-order valence-electron chi connectivity index (χ0n) is 12.4. The summed E-state index contributed by atoms with van der Waals surface area (Å²) in [5.74, 6) is 0.953. The topological polar surface area (TPSA) is 24.3 Å². The van der Waals surface area contributed by atoms with Crippen molar-refractivity contribution in [2.45, 2.75) is 13.1 Å². The fourth-order valence-corrected chi connectivity index (χ4v) is 2.75. The first-order valence-electron chi connectivity index (χ1n) is 7.36. The fraction of sp³-hybridized carbons (Fsp3) is 0.438. The molecule has 1 aliphatic heterocycles. The van der Waals surface area contributed by atoms with Gasteiger partial charge in [0.05, 0.1) is 6.54 Å². The van der Waals surface area contributed by atoms with E-state index in [1.165, 1.54) is 6.07 Å². The predicted molar refractivity (Wildman–Crippen MR) is 80.2 cm³/mol. The van der Waals surface area contributed by atoms with Gasteiger partial charge in [-0.3, -0.25) is 9.80 Å². The summed E-state index contributed by atoms with van der Waals surface area (Å²) in [4.78, 5) is 9.17. The molecule has 5 heteroatoms. The van der Waals surface area contributed by atoms with E-state index in [1.54, 1.807) is 12.1 Å². The Labute approximate surface area is 124 Å². The van der Waals surface area contributed by atoms with Crippen LogP contribution < -0.4 is 0 Å². The molecule has 21 heavy (non-hydrogen) atoms. The summed E-state index contributed by atoms with van der Waals surface area (Å²) in [5.41, 5.74) is 1.05. The van der Waals surface area contributed by atoms with Gasteiger partial charge >= 0.3 is 0 Å². The van der Waals surface area contributed by atoms with Gasteiger partial charge in [-0.1, -0.05) is 12.1 Å². The van der Waals surface area contributed by atoms with Crippen molar-refractivity contribution in [3.63, 3.8) is 0 Å². The van der Waals surface area contributed by atoms with Crippen LogP contribution in [0.1, 0.15) is 11.4 Å². The van der Waals surface area contributed by atoms with Crippen LogP contribution in [0.5, 0.6) is 0 Å². The maximum Gasteiger partial charge on any atom is 0.123 e. The van der Waals surface area contributed by atoms with E-state index in [2.05, 4.69) is 19.4 Å². The Bertz CT molecular complexity index is 587. The van der Waals surface area contributed by atoms with Crippen LogP contribution in [0.3, 0.4) is 0 Å². The maximum absolute atomic E-state index is 13.2. The first kappa shape index (κ1) is 14.2. The van der Waals surface area contributed by atoms with Crippen LogP contribution in [0.15, 0.2) is 36.7 Å². The third-order valence-electron chi connectivity index (χ3n) is 4.05. The van der Waals surface area contributed by atoms with E-state index >= 15 is 0 Å². The van der Waals surface area contributed by atoms with Gasteiger partial charge in [0.2, 0.25) is 0 Å². The number of benzene rings is 1. The molecule has 0 radical (unpaired) electrons. The molecule has 3 rings (SSSR count). The van der Waals surface area contributed by atoms with Gasteiger partial charge in [0, 0.05) is 52.2 Å². The first-order valence-corrected chi connectivity index (χ1v) is 7.36. The lowest BCUT2D eigenvalue weighted by molar-refractivity contribution is 0.119. The molecule has 0 N–H and O–H groups in total. The van der Waals surface area contributed by atoms with Gasteiger partial charge in [0.25, 0.3) is 0 Å². The van der Waals surface area contributed by atoms with Crippen molar-refractivity contribution >= 4 is 0 Å². The fourth-order valence-electron chi connectivity index (χ4n) is 2.75. The number of hydrogen-bond acceptors (Lipinski definition) is 3. The molecular formula is C16H21FN4. The summed E-state index contributed by atoms with van der Waals surface area (Å²) in [6.45, 7) is 5.82. The molecule has 0 atom stereocenters. The Morgan fingerprint density at radius 1 is 1.10 bits per heavy atom. The zero-order chi connectivity index (χ0) is 14.7. The Kier molecular flexibility index (Phi) is 4.31. The van der Waals surface area contributed by atoms with Crippen LogP contribution in [-0.2, 0) is 20.1 Å². The van der Waals surface area contributed by atoms with Gasteiger partial charge in [0.15, 0.2) is 0 Å². The number of nitrogens with zero attached hydrogens (tertiary/aromatic N) is 4. The molecule has 1 aliphatic rings. The van der Waals surface area contributed by atoms with E-state index in [4.69, 9.17) is 0 Å². The summed E-state index contributed by atoms with van der Waals surface area (Å²) in [6.07, 6.45) is 3.82. The Morgan fingerprint density at radius 3 is 2.43 bits per heavy atom. The first-order chi connectivity index (χ1) is 10.2. The highest BCUT2D eigenvalue weighted by Crippen LogP contribution is 2.11. The molecule has 1 fully saturated rings. The van der Waals surface area contributed by atoms with Crippen LogP contribution in [0.25, 0.3) is 0 Å². The van der Waals surface area contributed by atoms with Crippen molar-refractivity contribution in [3.05, 3.63) is 53.9 Å². The summed E-state index contributed by atoms with van der Waals surface area (Å²) < 4.78 is 15.3. The lowest BCUT2D eigenvalue weighted by Crippen LogP contribution is -2.45. The third-order valence-corrected chi connectivity index (χ3v) is 4.05.